The molecule has 1 heterocycles. The molecule has 0 atom stereocenters. The fraction of sp³-hybridized carbons (Fsp3) is 0.182. The molecule has 80 valence electrons. The highest BCUT2D eigenvalue weighted by atomic mass is 16.5. The van der Waals surface area contributed by atoms with E-state index in [1.165, 1.54) is 0 Å². The van der Waals surface area contributed by atoms with Gasteiger partial charge in [0.05, 0.1) is 19.6 Å². The number of nitrogens with zero attached hydrogens (tertiary/aromatic N) is 3. The summed E-state index contributed by atoms with van der Waals surface area (Å²) in [4.78, 5) is 4.20. The van der Waals surface area contributed by atoms with E-state index < -0.39 is 0 Å². The molecule has 5 nitrogen and oxygen atoms in total. The first-order chi connectivity index (χ1) is 7.83. The Morgan fingerprint density at radius 3 is 3.12 bits per heavy atom. The fourth-order valence-corrected chi connectivity index (χ4v) is 1.34. The third kappa shape index (κ3) is 2.01. The summed E-state index contributed by atoms with van der Waals surface area (Å²) in [5, 5.41) is 15.3. The van der Waals surface area contributed by atoms with Gasteiger partial charge in [-0.05, 0) is 12.1 Å². The molecule has 2 aromatic rings. The first-order valence-electron chi connectivity index (χ1n) is 4.76. The summed E-state index contributed by atoms with van der Waals surface area (Å²) in [5.74, 6) is 1.90. The largest absolute Gasteiger partial charge is 0.497 e. The minimum absolute atomic E-state index is 0.233. The summed E-state index contributed by atoms with van der Waals surface area (Å²) >= 11 is 0. The highest BCUT2D eigenvalue weighted by Crippen LogP contribution is 2.20. The number of nitrogens with one attached hydrogen (secondary N) is 1. The minimum atomic E-state index is 0.233. The lowest BCUT2D eigenvalue weighted by molar-refractivity contribution is 0.415. The summed E-state index contributed by atoms with van der Waals surface area (Å²) < 4.78 is 5.11. The van der Waals surface area contributed by atoms with E-state index in [-0.39, 0.29) is 6.42 Å². The van der Waals surface area contributed by atoms with Crippen molar-refractivity contribution in [3.63, 3.8) is 0 Å². The van der Waals surface area contributed by atoms with Gasteiger partial charge >= 0.3 is 0 Å². The number of hydrogen-bond donors (Lipinski definition) is 1. The molecule has 1 aromatic heterocycles. The molecule has 1 N–H and O–H groups in total. The normalized spacial score (nSPS) is 9.75. The molecule has 16 heavy (non-hydrogen) atoms. The van der Waals surface area contributed by atoms with Crippen molar-refractivity contribution in [2.45, 2.75) is 6.42 Å². The highest BCUT2D eigenvalue weighted by Gasteiger charge is 2.06. The number of methoxy groups -OCH3 is 1. The number of aromatic nitrogens is 3. The predicted molar refractivity (Wildman–Crippen MR) is 57.7 cm³/mol. The van der Waals surface area contributed by atoms with E-state index in [9.17, 15) is 0 Å². The van der Waals surface area contributed by atoms with Crippen LogP contribution in [0.3, 0.4) is 0 Å². The van der Waals surface area contributed by atoms with E-state index in [4.69, 9.17) is 10.00 Å². The number of nitriles is 1. The van der Waals surface area contributed by atoms with E-state index in [1.807, 2.05) is 30.3 Å². The average Bonchev–Trinajstić information content (AvgIpc) is 2.78. The summed E-state index contributed by atoms with van der Waals surface area (Å²) in [6.45, 7) is 0. The van der Waals surface area contributed by atoms with Crippen molar-refractivity contribution < 1.29 is 4.74 Å². The van der Waals surface area contributed by atoms with Gasteiger partial charge < -0.3 is 4.74 Å². The van der Waals surface area contributed by atoms with E-state index in [0.717, 1.165) is 11.3 Å². The number of benzene rings is 1. The van der Waals surface area contributed by atoms with Crippen molar-refractivity contribution in [1.29, 1.82) is 5.26 Å². The molecule has 0 aliphatic carbocycles. The molecule has 5 heteroatoms. The minimum Gasteiger partial charge on any atom is -0.497 e. The highest BCUT2D eigenvalue weighted by molar-refractivity contribution is 5.57. The van der Waals surface area contributed by atoms with Gasteiger partial charge in [0, 0.05) is 5.56 Å². The summed E-state index contributed by atoms with van der Waals surface area (Å²) in [6.07, 6.45) is 0.233. The van der Waals surface area contributed by atoms with Crippen LogP contribution in [0, 0.1) is 11.3 Å². The molecule has 0 aliphatic rings. The molecule has 0 unspecified atom stereocenters. The van der Waals surface area contributed by atoms with Crippen LogP contribution >= 0.6 is 0 Å². The van der Waals surface area contributed by atoms with Crippen LogP contribution in [-0.2, 0) is 6.42 Å². The number of rotatable bonds is 3. The maximum Gasteiger partial charge on any atom is 0.181 e. The Balaban J connectivity index is 2.31. The second-order valence-electron chi connectivity index (χ2n) is 3.17. The van der Waals surface area contributed by atoms with Gasteiger partial charge in [0.15, 0.2) is 5.82 Å². The molecular weight excluding hydrogens is 204 g/mol. The molecule has 0 fully saturated rings. The average molecular weight is 214 g/mol. The quantitative estimate of drug-likeness (QED) is 0.841. The maximum atomic E-state index is 8.52. The molecule has 0 saturated carbocycles. The van der Waals surface area contributed by atoms with Gasteiger partial charge in [-0.2, -0.15) is 10.4 Å². The lowest BCUT2D eigenvalue weighted by atomic mass is 10.2. The molecule has 0 bridgehead atoms. The standard InChI is InChI=1S/C11H10N4O/c1-16-9-4-2-3-8(7-9)11-13-10(5-6-12)14-15-11/h2-4,7H,5H2,1H3,(H,13,14,15). The lowest BCUT2D eigenvalue weighted by Crippen LogP contribution is -1.86. The van der Waals surface area contributed by atoms with Gasteiger partial charge in [0.25, 0.3) is 0 Å². The van der Waals surface area contributed by atoms with Crippen LogP contribution in [0.4, 0.5) is 0 Å². The molecule has 0 spiro atoms. The van der Waals surface area contributed by atoms with Crippen molar-refractivity contribution >= 4 is 0 Å². The van der Waals surface area contributed by atoms with Gasteiger partial charge in [-0.25, -0.2) is 4.98 Å². The lowest BCUT2D eigenvalue weighted by Gasteiger charge is -2.00. The fourth-order valence-electron chi connectivity index (χ4n) is 1.34. The molecular formula is C11H10N4O. The molecule has 0 saturated heterocycles. The van der Waals surface area contributed by atoms with Crippen molar-refractivity contribution in [3.05, 3.63) is 30.1 Å². The zero-order chi connectivity index (χ0) is 11.4. The van der Waals surface area contributed by atoms with Crippen LogP contribution in [0.1, 0.15) is 5.82 Å². The van der Waals surface area contributed by atoms with Crippen LogP contribution in [0.25, 0.3) is 11.4 Å². The van der Waals surface area contributed by atoms with Crippen LogP contribution in [0.5, 0.6) is 5.75 Å². The number of ether oxygens (including phenoxy) is 1. The van der Waals surface area contributed by atoms with Crippen LogP contribution < -0.4 is 4.74 Å². The van der Waals surface area contributed by atoms with Crippen molar-refractivity contribution in [1.82, 2.24) is 15.2 Å². The summed E-state index contributed by atoms with van der Waals surface area (Å²) in [5.41, 5.74) is 0.861. The van der Waals surface area contributed by atoms with Gasteiger partial charge in [0.2, 0.25) is 0 Å². The van der Waals surface area contributed by atoms with Crippen molar-refractivity contribution in [2.75, 3.05) is 7.11 Å². The number of H-pyrrole nitrogens is 1. The van der Waals surface area contributed by atoms with Gasteiger partial charge in [0.1, 0.15) is 11.6 Å². The van der Waals surface area contributed by atoms with Crippen molar-refractivity contribution in [3.8, 4) is 23.2 Å². The third-order valence-electron chi connectivity index (χ3n) is 2.11. The Morgan fingerprint density at radius 2 is 2.38 bits per heavy atom. The number of hydrogen-bond acceptors (Lipinski definition) is 4. The van der Waals surface area contributed by atoms with Crippen LogP contribution in [0.15, 0.2) is 24.3 Å². The van der Waals surface area contributed by atoms with Crippen LogP contribution in [-0.4, -0.2) is 22.3 Å². The first-order valence-corrected chi connectivity index (χ1v) is 4.76. The SMILES string of the molecule is COc1cccc(-c2n[nH]c(CC#N)n2)c1. The van der Waals surface area contributed by atoms with Crippen molar-refractivity contribution in [2.24, 2.45) is 0 Å². The monoisotopic (exact) mass is 214 g/mol. The Morgan fingerprint density at radius 1 is 1.50 bits per heavy atom. The molecule has 0 amide bonds. The molecule has 2 rings (SSSR count). The van der Waals surface area contributed by atoms with E-state index in [1.54, 1.807) is 7.11 Å². The van der Waals surface area contributed by atoms with E-state index >= 15 is 0 Å². The van der Waals surface area contributed by atoms with Gasteiger partial charge in [-0.1, -0.05) is 12.1 Å². The van der Waals surface area contributed by atoms with Gasteiger partial charge in [-0.3, -0.25) is 5.10 Å². The number of aromatic amines is 1. The Bertz CT molecular complexity index is 527. The second-order valence-corrected chi connectivity index (χ2v) is 3.17. The predicted octanol–water partition coefficient (Wildman–Crippen LogP) is 1.55. The summed E-state index contributed by atoms with van der Waals surface area (Å²) in [7, 11) is 1.61. The summed E-state index contributed by atoms with van der Waals surface area (Å²) in [6, 6.07) is 9.47. The topological polar surface area (TPSA) is 74.6 Å². The van der Waals surface area contributed by atoms with E-state index in [0.29, 0.717) is 11.6 Å². The molecule has 1 aromatic carbocycles. The smallest absolute Gasteiger partial charge is 0.181 e. The van der Waals surface area contributed by atoms with Gasteiger partial charge in [-0.15, -0.1) is 0 Å². The Labute approximate surface area is 92.7 Å². The third-order valence-corrected chi connectivity index (χ3v) is 2.11. The molecule has 0 radical (unpaired) electrons. The Kier molecular flexibility index (Phi) is 2.83. The first kappa shape index (κ1) is 10.2. The zero-order valence-electron chi connectivity index (χ0n) is 8.77. The second kappa shape index (κ2) is 4.45. The zero-order valence-corrected chi connectivity index (χ0v) is 8.77. The van der Waals surface area contributed by atoms with Crippen LogP contribution in [0.2, 0.25) is 0 Å². The maximum absolute atomic E-state index is 8.52. The van der Waals surface area contributed by atoms with E-state index in [2.05, 4.69) is 15.2 Å². The molecule has 0 aliphatic heterocycles. The Hall–Kier alpha value is -2.35.